The number of hydrogen-bond donors (Lipinski definition) is 2. The second kappa shape index (κ2) is 8.40. The zero-order valence-electron chi connectivity index (χ0n) is 11.2. The smallest absolute Gasteiger partial charge is 0.0867 e. The molecular formula is C14H23NO2S. The SMILES string of the molecule is CCCCOCC(O)CSc1ccc(N)cc1C. The normalized spacial score (nSPS) is 12.6. The van der Waals surface area contributed by atoms with Crippen molar-refractivity contribution >= 4 is 17.4 Å². The van der Waals surface area contributed by atoms with Gasteiger partial charge in [0, 0.05) is 22.9 Å². The van der Waals surface area contributed by atoms with Gasteiger partial charge in [-0.2, -0.15) is 0 Å². The zero-order valence-corrected chi connectivity index (χ0v) is 12.0. The molecule has 3 N–H and O–H groups in total. The van der Waals surface area contributed by atoms with Crippen molar-refractivity contribution in [1.82, 2.24) is 0 Å². The summed E-state index contributed by atoms with van der Waals surface area (Å²) in [6.45, 7) is 5.31. The second-order valence-electron chi connectivity index (χ2n) is 4.42. The molecule has 0 aliphatic carbocycles. The lowest BCUT2D eigenvalue weighted by Gasteiger charge is -2.12. The van der Waals surface area contributed by atoms with E-state index in [2.05, 4.69) is 6.92 Å². The van der Waals surface area contributed by atoms with E-state index in [0.717, 1.165) is 35.6 Å². The van der Waals surface area contributed by atoms with Crippen LogP contribution < -0.4 is 5.73 Å². The number of thioether (sulfide) groups is 1. The van der Waals surface area contributed by atoms with Crippen LogP contribution in [0.3, 0.4) is 0 Å². The third-order valence-electron chi connectivity index (χ3n) is 2.58. The van der Waals surface area contributed by atoms with Gasteiger partial charge in [-0.1, -0.05) is 13.3 Å². The minimum atomic E-state index is -0.413. The number of rotatable bonds is 8. The summed E-state index contributed by atoms with van der Waals surface area (Å²) in [5.74, 6) is 0.650. The number of aryl methyl sites for hydroxylation is 1. The number of aliphatic hydroxyl groups excluding tert-OH is 1. The third kappa shape index (κ3) is 5.76. The molecule has 0 heterocycles. The lowest BCUT2D eigenvalue weighted by atomic mass is 10.2. The number of nitrogen functional groups attached to an aromatic ring is 1. The maximum atomic E-state index is 9.78. The van der Waals surface area contributed by atoms with Crippen molar-refractivity contribution in [3.8, 4) is 0 Å². The molecule has 3 nitrogen and oxygen atoms in total. The molecule has 0 saturated heterocycles. The lowest BCUT2D eigenvalue weighted by molar-refractivity contribution is 0.0473. The molecule has 4 heteroatoms. The summed E-state index contributed by atoms with van der Waals surface area (Å²) in [5, 5.41) is 9.78. The average Bonchev–Trinajstić information content (AvgIpc) is 2.33. The Hall–Kier alpha value is -0.710. The van der Waals surface area contributed by atoms with Gasteiger partial charge in [0.05, 0.1) is 12.7 Å². The molecule has 0 aliphatic heterocycles. The van der Waals surface area contributed by atoms with Crippen LogP contribution in [0.25, 0.3) is 0 Å². The largest absolute Gasteiger partial charge is 0.399 e. The van der Waals surface area contributed by atoms with E-state index in [1.54, 1.807) is 11.8 Å². The minimum Gasteiger partial charge on any atom is -0.399 e. The van der Waals surface area contributed by atoms with E-state index in [0.29, 0.717) is 12.4 Å². The van der Waals surface area contributed by atoms with Crippen molar-refractivity contribution in [3.63, 3.8) is 0 Å². The molecule has 0 saturated carbocycles. The highest BCUT2D eigenvalue weighted by molar-refractivity contribution is 7.99. The summed E-state index contributed by atoms with van der Waals surface area (Å²) < 4.78 is 5.39. The summed E-state index contributed by atoms with van der Waals surface area (Å²) in [7, 11) is 0. The van der Waals surface area contributed by atoms with Crippen LogP contribution in [0.15, 0.2) is 23.1 Å². The van der Waals surface area contributed by atoms with Crippen LogP contribution in [0.1, 0.15) is 25.3 Å². The average molecular weight is 269 g/mol. The van der Waals surface area contributed by atoms with E-state index in [1.165, 1.54) is 0 Å². The van der Waals surface area contributed by atoms with Crippen molar-refractivity contribution < 1.29 is 9.84 Å². The Labute approximate surface area is 114 Å². The first-order valence-corrected chi connectivity index (χ1v) is 7.36. The first-order chi connectivity index (χ1) is 8.63. The summed E-state index contributed by atoms with van der Waals surface area (Å²) in [4.78, 5) is 1.16. The molecule has 0 bridgehead atoms. The molecule has 1 aromatic carbocycles. The number of hydrogen-bond acceptors (Lipinski definition) is 4. The van der Waals surface area contributed by atoms with Crippen molar-refractivity contribution in [2.24, 2.45) is 0 Å². The molecule has 0 aromatic heterocycles. The van der Waals surface area contributed by atoms with E-state index >= 15 is 0 Å². The fourth-order valence-corrected chi connectivity index (χ4v) is 2.45. The summed E-state index contributed by atoms with van der Waals surface area (Å²) in [5.41, 5.74) is 7.63. The Balaban J connectivity index is 2.27. The van der Waals surface area contributed by atoms with Crippen molar-refractivity contribution in [2.75, 3.05) is 24.7 Å². The third-order valence-corrected chi connectivity index (χ3v) is 3.90. The zero-order chi connectivity index (χ0) is 13.4. The molecule has 1 rings (SSSR count). The molecule has 0 spiro atoms. The molecule has 1 aromatic rings. The van der Waals surface area contributed by atoms with Crippen LogP contribution in [0.2, 0.25) is 0 Å². The van der Waals surface area contributed by atoms with Gasteiger partial charge in [0.15, 0.2) is 0 Å². The summed E-state index contributed by atoms with van der Waals surface area (Å²) in [6, 6.07) is 5.84. The van der Waals surface area contributed by atoms with Crippen LogP contribution in [0.5, 0.6) is 0 Å². The Bertz CT molecular complexity index is 358. The number of nitrogens with two attached hydrogens (primary N) is 1. The Kier molecular flexibility index (Phi) is 7.16. The standard InChI is InChI=1S/C14H23NO2S/c1-3-4-7-17-9-13(16)10-18-14-6-5-12(15)8-11(14)2/h5-6,8,13,16H,3-4,7,9-10,15H2,1-2H3. The van der Waals surface area contributed by atoms with Gasteiger partial charge in [0.2, 0.25) is 0 Å². The molecule has 0 amide bonds. The van der Waals surface area contributed by atoms with Crippen molar-refractivity contribution in [2.45, 2.75) is 37.7 Å². The van der Waals surface area contributed by atoms with Crippen LogP contribution in [0, 0.1) is 6.92 Å². The fourth-order valence-electron chi connectivity index (χ4n) is 1.53. The number of anilines is 1. The highest BCUT2D eigenvalue weighted by Gasteiger charge is 2.07. The Morgan fingerprint density at radius 2 is 2.22 bits per heavy atom. The van der Waals surface area contributed by atoms with Crippen LogP contribution >= 0.6 is 11.8 Å². The van der Waals surface area contributed by atoms with Crippen LogP contribution in [-0.4, -0.2) is 30.2 Å². The first-order valence-electron chi connectivity index (χ1n) is 6.38. The molecule has 0 aliphatic rings. The van der Waals surface area contributed by atoms with E-state index in [-0.39, 0.29) is 0 Å². The predicted octanol–water partition coefficient (Wildman–Crippen LogP) is 2.85. The van der Waals surface area contributed by atoms with E-state index in [1.807, 2.05) is 25.1 Å². The molecular weight excluding hydrogens is 246 g/mol. The van der Waals surface area contributed by atoms with Gasteiger partial charge < -0.3 is 15.6 Å². The molecule has 0 fully saturated rings. The van der Waals surface area contributed by atoms with E-state index in [4.69, 9.17) is 10.5 Å². The molecule has 1 atom stereocenters. The second-order valence-corrected chi connectivity index (χ2v) is 5.48. The number of unbranched alkanes of at least 4 members (excludes halogenated alkanes) is 1. The van der Waals surface area contributed by atoms with E-state index in [9.17, 15) is 5.11 Å². The molecule has 102 valence electrons. The predicted molar refractivity (Wildman–Crippen MR) is 78.0 cm³/mol. The minimum absolute atomic E-state index is 0.413. The van der Waals surface area contributed by atoms with Gasteiger partial charge in [-0.05, 0) is 37.1 Å². The first kappa shape index (κ1) is 15.3. The van der Waals surface area contributed by atoms with Crippen molar-refractivity contribution in [1.29, 1.82) is 0 Å². The number of ether oxygens (including phenoxy) is 1. The maximum Gasteiger partial charge on any atom is 0.0867 e. The van der Waals surface area contributed by atoms with E-state index < -0.39 is 6.10 Å². The number of benzene rings is 1. The van der Waals surface area contributed by atoms with Crippen LogP contribution in [-0.2, 0) is 4.74 Å². The monoisotopic (exact) mass is 269 g/mol. The van der Waals surface area contributed by atoms with Gasteiger partial charge in [0.25, 0.3) is 0 Å². The fraction of sp³-hybridized carbons (Fsp3) is 0.571. The van der Waals surface area contributed by atoms with Gasteiger partial charge in [-0.3, -0.25) is 0 Å². The highest BCUT2D eigenvalue weighted by Crippen LogP contribution is 2.24. The van der Waals surface area contributed by atoms with Crippen LogP contribution in [0.4, 0.5) is 5.69 Å². The Morgan fingerprint density at radius 1 is 1.44 bits per heavy atom. The van der Waals surface area contributed by atoms with Crippen molar-refractivity contribution in [3.05, 3.63) is 23.8 Å². The Morgan fingerprint density at radius 3 is 2.89 bits per heavy atom. The quantitative estimate of drug-likeness (QED) is 0.433. The summed E-state index contributed by atoms with van der Waals surface area (Å²) in [6.07, 6.45) is 1.76. The maximum absolute atomic E-state index is 9.78. The highest BCUT2D eigenvalue weighted by atomic mass is 32.2. The molecule has 1 unspecified atom stereocenters. The molecule has 18 heavy (non-hydrogen) atoms. The van der Waals surface area contributed by atoms with Gasteiger partial charge >= 0.3 is 0 Å². The van der Waals surface area contributed by atoms with Gasteiger partial charge in [-0.15, -0.1) is 11.8 Å². The lowest BCUT2D eigenvalue weighted by Crippen LogP contribution is -2.18. The topological polar surface area (TPSA) is 55.5 Å². The number of aliphatic hydroxyl groups is 1. The molecule has 0 radical (unpaired) electrons. The summed E-state index contributed by atoms with van der Waals surface area (Å²) >= 11 is 1.64. The van der Waals surface area contributed by atoms with Gasteiger partial charge in [0.1, 0.15) is 0 Å². The van der Waals surface area contributed by atoms with Gasteiger partial charge in [-0.25, -0.2) is 0 Å².